The highest BCUT2D eigenvalue weighted by Gasteiger charge is 2.60. The number of likely N-dealkylation sites (N-methyl/N-ethyl adjacent to an activating group) is 1. The fraction of sp³-hybridized carbons (Fsp3) is 0.391. The van der Waals surface area contributed by atoms with Crippen LogP contribution in [0.25, 0.3) is 10.2 Å². The van der Waals surface area contributed by atoms with Crippen molar-refractivity contribution in [3.63, 3.8) is 0 Å². The lowest BCUT2D eigenvalue weighted by Gasteiger charge is -2.57. The monoisotopic (exact) mass is 418 g/mol. The molecule has 30 heavy (non-hydrogen) atoms. The van der Waals surface area contributed by atoms with Gasteiger partial charge in [0.1, 0.15) is 10.4 Å². The van der Waals surface area contributed by atoms with Crippen LogP contribution in [0.15, 0.2) is 42.5 Å². The maximum atomic E-state index is 11.4. The van der Waals surface area contributed by atoms with Gasteiger partial charge in [-0.25, -0.2) is 4.98 Å². The second-order valence-electron chi connectivity index (χ2n) is 8.40. The first kappa shape index (κ1) is 19.0. The molecule has 1 atom stereocenters. The minimum absolute atomic E-state index is 0.0675. The van der Waals surface area contributed by atoms with Crippen LogP contribution in [-0.2, 0) is 11.8 Å². The molecule has 1 fully saturated rings. The lowest BCUT2D eigenvalue weighted by atomic mass is 9.58. The summed E-state index contributed by atoms with van der Waals surface area (Å²) < 4.78 is 1.07. The minimum Gasteiger partial charge on any atom is -0.367 e. The van der Waals surface area contributed by atoms with Gasteiger partial charge in [-0.15, -0.1) is 11.3 Å². The Hall–Kier alpha value is -2.98. The molecule has 1 saturated carbocycles. The van der Waals surface area contributed by atoms with E-state index in [-0.39, 0.29) is 16.1 Å². The van der Waals surface area contributed by atoms with Gasteiger partial charge in [0.25, 0.3) is 5.69 Å². The number of nitro benzene ring substituents is 1. The predicted octanol–water partition coefficient (Wildman–Crippen LogP) is 5.36. The van der Waals surface area contributed by atoms with Gasteiger partial charge in [0.2, 0.25) is 0 Å². The summed E-state index contributed by atoms with van der Waals surface area (Å²) >= 11 is 1.59. The summed E-state index contributed by atoms with van der Waals surface area (Å²) in [5.74, 6) is 0. The van der Waals surface area contributed by atoms with Crippen molar-refractivity contribution in [1.29, 1.82) is 5.26 Å². The van der Waals surface area contributed by atoms with E-state index in [1.54, 1.807) is 23.5 Å². The summed E-state index contributed by atoms with van der Waals surface area (Å²) in [6.45, 7) is 0. The normalized spacial score (nSPS) is 22.6. The smallest absolute Gasteiger partial charge is 0.269 e. The van der Waals surface area contributed by atoms with E-state index in [0.717, 1.165) is 52.2 Å². The highest BCUT2D eigenvalue weighted by atomic mass is 32.1. The fourth-order valence-corrected chi connectivity index (χ4v) is 6.74. The van der Waals surface area contributed by atoms with Crippen LogP contribution in [0.4, 0.5) is 11.4 Å². The number of fused-ring (bicyclic) bond motifs is 2. The van der Waals surface area contributed by atoms with Crippen molar-refractivity contribution in [3.05, 3.63) is 63.1 Å². The summed E-state index contributed by atoms with van der Waals surface area (Å²) in [6, 6.07) is 15.8. The molecular weight excluding hydrogens is 396 g/mol. The Morgan fingerprint density at radius 3 is 2.67 bits per heavy atom. The standard InChI is InChI=1S/C23H22N4O2S/c1-26-19-10-9-17(27(28)29)13-16(19)14-22(15-24,23(26)11-5-2-6-12-23)21-25-18-7-3-4-8-20(18)30-21/h3-4,7-10,13H,2,5-6,11-12,14H2,1H3/t22-/m1/s1. The molecule has 152 valence electrons. The number of nitriles is 1. The van der Waals surface area contributed by atoms with Crippen LogP contribution < -0.4 is 4.90 Å². The first-order chi connectivity index (χ1) is 14.5. The summed E-state index contributed by atoms with van der Waals surface area (Å²) in [5.41, 5.74) is 1.62. The minimum atomic E-state index is -0.839. The quantitative estimate of drug-likeness (QED) is 0.413. The molecule has 0 bridgehead atoms. The molecule has 0 N–H and O–H groups in total. The van der Waals surface area contributed by atoms with Crippen molar-refractivity contribution in [2.45, 2.75) is 49.5 Å². The molecule has 2 aromatic carbocycles. The van der Waals surface area contributed by atoms with Crippen LogP contribution in [0.2, 0.25) is 0 Å². The molecule has 1 spiro atoms. The van der Waals surface area contributed by atoms with Crippen LogP contribution in [0.3, 0.4) is 0 Å². The fourth-order valence-electron chi connectivity index (χ4n) is 5.54. The Balaban J connectivity index is 1.77. The average molecular weight is 419 g/mol. The van der Waals surface area contributed by atoms with E-state index in [1.165, 1.54) is 6.42 Å². The van der Waals surface area contributed by atoms with Crippen molar-refractivity contribution in [3.8, 4) is 6.07 Å². The largest absolute Gasteiger partial charge is 0.367 e. The number of hydrogen-bond donors (Lipinski definition) is 0. The topological polar surface area (TPSA) is 83.1 Å². The lowest BCUT2D eigenvalue weighted by Crippen LogP contribution is -2.65. The van der Waals surface area contributed by atoms with Crippen LogP contribution in [0.5, 0.6) is 0 Å². The third kappa shape index (κ3) is 2.50. The molecule has 0 unspecified atom stereocenters. The van der Waals surface area contributed by atoms with Crippen LogP contribution in [-0.4, -0.2) is 22.5 Å². The molecule has 7 heteroatoms. The average Bonchev–Trinajstić information content (AvgIpc) is 3.21. The highest BCUT2D eigenvalue weighted by Crippen LogP contribution is 2.56. The van der Waals surface area contributed by atoms with E-state index >= 15 is 0 Å². The molecule has 6 nitrogen and oxygen atoms in total. The maximum absolute atomic E-state index is 11.4. The van der Waals surface area contributed by atoms with Gasteiger partial charge in [0.05, 0.1) is 26.7 Å². The number of hydrogen-bond acceptors (Lipinski definition) is 6. The van der Waals surface area contributed by atoms with Gasteiger partial charge < -0.3 is 4.90 Å². The molecular formula is C23H22N4O2S. The Morgan fingerprint density at radius 1 is 1.20 bits per heavy atom. The highest BCUT2D eigenvalue weighted by molar-refractivity contribution is 7.18. The van der Waals surface area contributed by atoms with E-state index in [9.17, 15) is 15.4 Å². The Kier molecular flexibility index (Phi) is 4.30. The lowest BCUT2D eigenvalue weighted by molar-refractivity contribution is -0.384. The van der Waals surface area contributed by atoms with Crippen molar-refractivity contribution < 1.29 is 4.92 Å². The SMILES string of the molecule is CN1c2ccc([N+](=O)[O-])cc2C[C@@](C#N)(c2nc3ccccc3s2)C12CCCCC2. The molecule has 2 heterocycles. The maximum Gasteiger partial charge on any atom is 0.269 e. The molecule has 1 aliphatic heterocycles. The van der Waals surface area contributed by atoms with E-state index in [2.05, 4.69) is 18.0 Å². The summed E-state index contributed by atoms with van der Waals surface area (Å²) in [5, 5.41) is 22.9. The van der Waals surface area contributed by atoms with Crippen molar-refractivity contribution in [1.82, 2.24) is 4.98 Å². The number of anilines is 1. The molecule has 0 radical (unpaired) electrons. The second-order valence-corrected chi connectivity index (χ2v) is 9.43. The molecule has 5 rings (SSSR count). The van der Waals surface area contributed by atoms with Gasteiger partial charge in [-0.3, -0.25) is 10.1 Å². The molecule has 2 aliphatic rings. The molecule has 1 aliphatic carbocycles. The van der Waals surface area contributed by atoms with Gasteiger partial charge in [-0.1, -0.05) is 31.4 Å². The van der Waals surface area contributed by atoms with Gasteiger partial charge in [-0.05, 0) is 36.6 Å². The number of nitrogens with zero attached hydrogens (tertiary/aromatic N) is 4. The van der Waals surface area contributed by atoms with E-state index in [0.29, 0.717) is 6.42 Å². The van der Waals surface area contributed by atoms with Crippen molar-refractivity contribution >= 4 is 32.9 Å². The summed E-state index contributed by atoms with van der Waals surface area (Å²) in [6.07, 6.45) is 5.60. The summed E-state index contributed by atoms with van der Waals surface area (Å²) in [7, 11) is 2.05. The molecule has 3 aromatic rings. The third-order valence-corrected chi connectivity index (χ3v) is 8.26. The Labute approximate surface area is 178 Å². The zero-order valence-corrected chi connectivity index (χ0v) is 17.6. The number of non-ortho nitro benzene ring substituents is 1. The van der Waals surface area contributed by atoms with Crippen molar-refractivity contribution in [2.24, 2.45) is 0 Å². The zero-order valence-electron chi connectivity index (χ0n) is 16.8. The van der Waals surface area contributed by atoms with Gasteiger partial charge in [0.15, 0.2) is 0 Å². The predicted molar refractivity (Wildman–Crippen MR) is 118 cm³/mol. The third-order valence-electron chi connectivity index (χ3n) is 7.06. The molecule has 0 amide bonds. The van der Waals surface area contributed by atoms with E-state index in [4.69, 9.17) is 4.98 Å². The number of aromatic nitrogens is 1. The number of thiazole rings is 1. The number of rotatable bonds is 2. The van der Waals surface area contributed by atoms with Gasteiger partial charge >= 0.3 is 0 Å². The number of para-hydroxylation sites is 1. The first-order valence-corrected chi connectivity index (χ1v) is 11.1. The van der Waals surface area contributed by atoms with Gasteiger partial charge in [-0.2, -0.15) is 5.26 Å². The summed E-state index contributed by atoms with van der Waals surface area (Å²) in [4.78, 5) is 18.2. The molecule has 0 saturated heterocycles. The van der Waals surface area contributed by atoms with Crippen LogP contribution in [0, 0.1) is 21.4 Å². The molecule has 1 aromatic heterocycles. The van der Waals surface area contributed by atoms with E-state index < -0.39 is 5.41 Å². The Bertz CT molecular complexity index is 1160. The second kappa shape index (κ2) is 6.78. The number of benzene rings is 2. The van der Waals surface area contributed by atoms with Gasteiger partial charge in [0, 0.05) is 31.3 Å². The van der Waals surface area contributed by atoms with Crippen LogP contribution >= 0.6 is 11.3 Å². The first-order valence-electron chi connectivity index (χ1n) is 10.3. The number of nitro groups is 1. The van der Waals surface area contributed by atoms with Crippen molar-refractivity contribution in [2.75, 3.05) is 11.9 Å². The van der Waals surface area contributed by atoms with Crippen LogP contribution in [0.1, 0.15) is 42.7 Å². The van der Waals surface area contributed by atoms with E-state index in [1.807, 2.05) is 30.3 Å². The zero-order chi connectivity index (χ0) is 20.9. The Morgan fingerprint density at radius 2 is 1.97 bits per heavy atom.